The van der Waals surface area contributed by atoms with E-state index in [0.717, 1.165) is 11.1 Å². The van der Waals surface area contributed by atoms with Crippen LogP contribution in [0.25, 0.3) is 0 Å². The Hall–Kier alpha value is -0.920. The molecule has 0 radical (unpaired) electrons. The van der Waals surface area contributed by atoms with Crippen LogP contribution in [-0.4, -0.2) is 45.2 Å². The van der Waals surface area contributed by atoms with Crippen molar-refractivity contribution < 1.29 is 16.8 Å². The monoisotopic (exact) mass is 359 g/mol. The van der Waals surface area contributed by atoms with E-state index < -0.39 is 25.9 Å². The Labute approximate surface area is 139 Å². The Kier molecular flexibility index (Phi) is 5.23. The van der Waals surface area contributed by atoms with Crippen LogP contribution in [0.5, 0.6) is 0 Å². The SMILES string of the molecule is Cc1ccc(S(=O)(=O)N(CC(C)C)[C@H]2CCS(=O)(=O)C2)cc1C. The van der Waals surface area contributed by atoms with Crippen LogP contribution in [0.4, 0.5) is 0 Å². The molecule has 23 heavy (non-hydrogen) atoms. The fraction of sp³-hybridized carbons (Fsp3) is 0.625. The zero-order valence-electron chi connectivity index (χ0n) is 14.1. The van der Waals surface area contributed by atoms with Gasteiger partial charge in [0.15, 0.2) is 9.84 Å². The van der Waals surface area contributed by atoms with Gasteiger partial charge in [-0.2, -0.15) is 4.31 Å². The summed E-state index contributed by atoms with van der Waals surface area (Å²) in [5.74, 6) is 0.109. The maximum absolute atomic E-state index is 13.1. The Balaban J connectivity index is 2.43. The number of sulfonamides is 1. The van der Waals surface area contributed by atoms with Crippen molar-refractivity contribution in [2.45, 2.75) is 45.1 Å². The van der Waals surface area contributed by atoms with Gasteiger partial charge >= 0.3 is 0 Å². The van der Waals surface area contributed by atoms with E-state index in [0.29, 0.717) is 13.0 Å². The zero-order valence-corrected chi connectivity index (χ0v) is 15.7. The van der Waals surface area contributed by atoms with Gasteiger partial charge in [0.05, 0.1) is 16.4 Å². The lowest BCUT2D eigenvalue weighted by molar-refractivity contribution is 0.308. The van der Waals surface area contributed by atoms with E-state index in [1.165, 1.54) is 4.31 Å². The number of benzene rings is 1. The molecule has 5 nitrogen and oxygen atoms in total. The molecule has 0 bridgehead atoms. The second kappa shape index (κ2) is 6.53. The summed E-state index contributed by atoms with van der Waals surface area (Å²) in [6.45, 7) is 8.01. The molecule has 1 aromatic rings. The summed E-state index contributed by atoms with van der Waals surface area (Å²) >= 11 is 0. The van der Waals surface area contributed by atoms with Crippen LogP contribution in [0.15, 0.2) is 23.1 Å². The molecule has 0 aliphatic carbocycles. The number of hydrogen-bond acceptors (Lipinski definition) is 4. The maximum Gasteiger partial charge on any atom is 0.243 e. The van der Waals surface area contributed by atoms with Crippen molar-refractivity contribution in [3.05, 3.63) is 29.3 Å². The fourth-order valence-electron chi connectivity index (χ4n) is 2.82. The fourth-order valence-corrected chi connectivity index (χ4v) is 6.54. The van der Waals surface area contributed by atoms with Crippen molar-refractivity contribution in [3.8, 4) is 0 Å². The molecule has 1 atom stereocenters. The Morgan fingerprint density at radius 1 is 1.22 bits per heavy atom. The summed E-state index contributed by atoms with van der Waals surface area (Å²) < 4.78 is 51.1. The quantitative estimate of drug-likeness (QED) is 0.807. The van der Waals surface area contributed by atoms with Crippen molar-refractivity contribution in [1.29, 1.82) is 0 Å². The lowest BCUT2D eigenvalue weighted by atomic mass is 10.1. The highest BCUT2D eigenvalue weighted by Crippen LogP contribution is 2.27. The van der Waals surface area contributed by atoms with Crippen LogP contribution in [0.1, 0.15) is 31.4 Å². The minimum absolute atomic E-state index is 0.0642. The predicted octanol–water partition coefficient (Wildman–Crippen LogP) is 2.14. The van der Waals surface area contributed by atoms with Crippen molar-refractivity contribution >= 4 is 19.9 Å². The summed E-state index contributed by atoms with van der Waals surface area (Å²) in [6.07, 6.45) is 0.374. The number of hydrogen-bond donors (Lipinski definition) is 0. The first-order valence-corrected chi connectivity index (χ1v) is 11.1. The third-order valence-electron chi connectivity index (χ3n) is 4.25. The van der Waals surface area contributed by atoms with Crippen molar-refractivity contribution in [2.24, 2.45) is 5.92 Å². The van der Waals surface area contributed by atoms with Gasteiger partial charge < -0.3 is 0 Å². The highest BCUT2D eigenvalue weighted by Gasteiger charge is 2.39. The second-order valence-corrected chi connectivity index (χ2v) is 10.9. The third-order valence-corrected chi connectivity index (χ3v) is 7.91. The number of rotatable bonds is 5. The van der Waals surface area contributed by atoms with Crippen LogP contribution in [0.3, 0.4) is 0 Å². The first-order chi connectivity index (χ1) is 10.5. The number of nitrogens with zero attached hydrogens (tertiary/aromatic N) is 1. The molecule has 1 heterocycles. The van der Waals surface area contributed by atoms with E-state index in [1.807, 2.05) is 27.7 Å². The van der Waals surface area contributed by atoms with E-state index in [9.17, 15) is 16.8 Å². The van der Waals surface area contributed by atoms with Crippen molar-refractivity contribution in [1.82, 2.24) is 4.31 Å². The average molecular weight is 360 g/mol. The molecular weight excluding hydrogens is 334 g/mol. The zero-order chi connectivity index (χ0) is 17.4. The van der Waals surface area contributed by atoms with Gasteiger partial charge in [0.25, 0.3) is 0 Å². The van der Waals surface area contributed by atoms with Gasteiger partial charge in [0.2, 0.25) is 10.0 Å². The summed E-state index contributed by atoms with van der Waals surface area (Å²) in [7, 11) is -6.84. The Bertz CT molecular complexity index is 782. The molecule has 1 aliphatic heterocycles. The lowest BCUT2D eigenvalue weighted by Gasteiger charge is -2.29. The van der Waals surface area contributed by atoms with Crippen LogP contribution in [0, 0.1) is 19.8 Å². The lowest BCUT2D eigenvalue weighted by Crippen LogP contribution is -2.43. The first kappa shape index (κ1) is 18.4. The molecule has 7 heteroatoms. The Morgan fingerprint density at radius 3 is 2.35 bits per heavy atom. The summed E-state index contributed by atoms with van der Waals surface area (Å²) in [5, 5.41) is 0. The summed E-state index contributed by atoms with van der Waals surface area (Å²) in [5.41, 5.74) is 1.94. The molecule has 1 fully saturated rings. The molecular formula is C16H25NO4S2. The van der Waals surface area contributed by atoms with Gasteiger partial charge in [-0.1, -0.05) is 19.9 Å². The van der Waals surface area contributed by atoms with E-state index in [4.69, 9.17) is 0 Å². The normalized spacial score (nSPS) is 21.2. The second-order valence-electron chi connectivity index (χ2n) is 6.77. The van der Waals surface area contributed by atoms with Gasteiger partial charge in [-0.3, -0.25) is 0 Å². The summed E-state index contributed by atoms with van der Waals surface area (Å²) in [4.78, 5) is 0.241. The smallest absolute Gasteiger partial charge is 0.229 e. The highest BCUT2D eigenvalue weighted by molar-refractivity contribution is 7.92. The van der Waals surface area contributed by atoms with Gasteiger partial charge in [0.1, 0.15) is 0 Å². The number of aryl methyl sites for hydroxylation is 2. The number of sulfone groups is 1. The van der Waals surface area contributed by atoms with Gasteiger partial charge in [-0.25, -0.2) is 16.8 Å². The Morgan fingerprint density at radius 2 is 1.87 bits per heavy atom. The van der Waals surface area contributed by atoms with Gasteiger partial charge in [0, 0.05) is 12.6 Å². The molecule has 0 unspecified atom stereocenters. The van der Waals surface area contributed by atoms with E-state index in [-0.39, 0.29) is 22.3 Å². The van der Waals surface area contributed by atoms with Crippen LogP contribution in [0.2, 0.25) is 0 Å². The van der Waals surface area contributed by atoms with Crippen molar-refractivity contribution in [3.63, 3.8) is 0 Å². The van der Waals surface area contributed by atoms with Crippen LogP contribution < -0.4 is 0 Å². The van der Waals surface area contributed by atoms with E-state index >= 15 is 0 Å². The predicted molar refractivity (Wildman–Crippen MR) is 91.7 cm³/mol. The first-order valence-electron chi connectivity index (χ1n) is 7.82. The molecule has 1 aromatic carbocycles. The van der Waals surface area contributed by atoms with Gasteiger partial charge in [-0.05, 0) is 49.4 Å². The standard InChI is InChI=1S/C16H25NO4S2/c1-12(2)10-17(15-7-8-22(18,19)11-15)23(20,21)16-6-5-13(3)14(4)9-16/h5-6,9,12,15H,7-8,10-11H2,1-4H3/t15-/m0/s1. The molecule has 0 N–H and O–H groups in total. The maximum atomic E-state index is 13.1. The van der Waals surface area contributed by atoms with Gasteiger partial charge in [-0.15, -0.1) is 0 Å². The molecule has 1 saturated heterocycles. The minimum Gasteiger partial charge on any atom is -0.229 e. The third kappa shape index (κ3) is 4.14. The van der Waals surface area contributed by atoms with Crippen LogP contribution in [-0.2, 0) is 19.9 Å². The van der Waals surface area contributed by atoms with E-state index in [1.54, 1.807) is 18.2 Å². The van der Waals surface area contributed by atoms with E-state index in [2.05, 4.69) is 0 Å². The molecule has 1 aliphatic rings. The topological polar surface area (TPSA) is 71.5 Å². The largest absolute Gasteiger partial charge is 0.243 e. The molecule has 0 amide bonds. The molecule has 0 spiro atoms. The molecule has 2 rings (SSSR count). The minimum atomic E-state index is -3.70. The summed E-state index contributed by atoms with van der Waals surface area (Å²) in [6, 6.07) is 4.60. The molecule has 130 valence electrons. The van der Waals surface area contributed by atoms with Crippen LogP contribution >= 0.6 is 0 Å². The van der Waals surface area contributed by atoms with Crippen molar-refractivity contribution in [2.75, 3.05) is 18.1 Å². The average Bonchev–Trinajstić information content (AvgIpc) is 2.78. The highest BCUT2D eigenvalue weighted by atomic mass is 32.2. The molecule has 0 aromatic heterocycles. The molecule has 0 saturated carbocycles.